The molecular formula is C11H13F2N3O2. The molecule has 1 heterocycles. The zero-order valence-corrected chi connectivity index (χ0v) is 9.74. The van der Waals surface area contributed by atoms with E-state index in [1.165, 1.54) is 19.2 Å². The van der Waals surface area contributed by atoms with E-state index in [1.54, 1.807) is 0 Å². The monoisotopic (exact) mass is 257 g/mol. The summed E-state index contributed by atoms with van der Waals surface area (Å²) in [5, 5.41) is 2.46. The van der Waals surface area contributed by atoms with Gasteiger partial charge in [-0.25, -0.2) is 13.8 Å². The molecule has 0 radical (unpaired) electrons. The first-order valence-electron chi connectivity index (χ1n) is 5.42. The second kappa shape index (κ2) is 4.40. The van der Waals surface area contributed by atoms with E-state index in [-0.39, 0.29) is 30.4 Å². The highest BCUT2D eigenvalue weighted by Crippen LogP contribution is 2.48. The lowest BCUT2D eigenvalue weighted by atomic mass is 10.3. The molecule has 1 amide bonds. The molecule has 3 N–H and O–H groups in total. The molecule has 5 nitrogen and oxygen atoms in total. The van der Waals surface area contributed by atoms with Crippen molar-refractivity contribution in [3.05, 3.63) is 12.3 Å². The number of alkyl halides is 2. The smallest absolute Gasteiger partial charge is 0.255 e. The Hall–Kier alpha value is -1.92. The van der Waals surface area contributed by atoms with E-state index in [1.807, 2.05) is 0 Å². The van der Waals surface area contributed by atoms with Crippen LogP contribution in [0.3, 0.4) is 0 Å². The zero-order chi connectivity index (χ0) is 13.3. The summed E-state index contributed by atoms with van der Waals surface area (Å²) < 4.78 is 30.4. The van der Waals surface area contributed by atoms with Crippen molar-refractivity contribution in [2.45, 2.75) is 19.3 Å². The van der Waals surface area contributed by atoms with Crippen molar-refractivity contribution in [2.24, 2.45) is 5.92 Å². The Morgan fingerprint density at radius 1 is 1.72 bits per heavy atom. The average molecular weight is 257 g/mol. The number of nitrogens with two attached hydrogens (primary N) is 1. The number of carbonyl (C=O) groups excluding carboxylic acids is 1. The topological polar surface area (TPSA) is 77.2 Å². The second-order valence-corrected chi connectivity index (χ2v) is 4.26. The molecule has 1 aliphatic carbocycles. The van der Waals surface area contributed by atoms with Crippen LogP contribution in [0.1, 0.15) is 13.3 Å². The predicted molar refractivity (Wildman–Crippen MR) is 61.5 cm³/mol. The Balaban J connectivity index is 1.95. The zero-order valence-electron chi connectivity index (χ0n) is 9.74. The van der Waals surface area contributed by atoms with Crippen molar-refractivity contribution < 1.29 is 18.3 Å². The average Bonchev–Trinajstić information content (AvgIpc) is 2.84. The number of carbonyl (C=O) groups is 1. The van der Waals surface area contributed by atoms with Crippen LogP contribution in [0.25, 0.3) is 0 Å². The highest BCUT2D eigenvalue weighted by Gasteiger charge is 2.57. The number of anilines is 2. The molecule has 18 heavy (non-hydrogen) atoms. The van der Waals surface area contributed by atoms with Gasteiger partial charge in [-0.3, -0.25) is 4.79 Å². The van der Waals surface area contributed by atoms with Gasteiger partial charge in [0.25, 0.3) is 5.92 Å². The third-order valence-electron chi connectivity index (χ3n) is 2.60. The predicted octanol–water partition coefficient (Wildman–Crippen LogP) is 1.66. The summed E-state index contributed by atoms with van der Waals surface area (Å²) in [6, 6.07) is 1.42. The van der Waals surface area contributed by atoms with Crippen LogP contribution in [-0.2, 0) is 4.79 Å². The van der Waals surface area contributed by atoms with Crippen molar-refractivity contribution in [3.8, 4) is 5.75 Å². The van der Waals surface area contributed by atoms with E-state index in [9.17, 15) is 13.6 Å². The summed E-state index contributed by atoms with van der Waals surface area (Å²) in [5.74, 6) is -3.09. The number of aromatic nitrogens is 1. The number of halogens is 2. The molecule has 2 rings (SSSR count). The maximum atomic E-state index is 12.6. The van der Waals surface area contributed by atoms with Gasteiger partial charge in [-0.1, -0.05) is 0 Å². The lowest BCUT2D eigenvalue weighted by molar-refractivity contribution is -0.114. The maximum Gasteiger partial charge on any atom is 0.255 e. The SMILES string of the molecule is CC(=O)Nc1cc(N)c(OCC2CC2(F)F)cn1. The first-order valence-corrected chi connectivity index (χ1v) is 5.42. The summed E-state index contributed by atoms with van der Waals surface area (Å²) in [4.78, 5) is 14.7. The van der Waals surface area contributed by atoms with Crippen LogP contribution >= 0.6 is 0 Å². The molecule has 0 aromatic carbocycles. The number of amides is 1. The fourth-order valence-corrected chi connectivity index (χ4v) is 1.47. The lowest BCUT2D eigenvalue weighted by Crippen LogP contribution is -2.10. The summed E-state index contributed by atoms with van der Waals surface area (Å²) in [5.41, 5.74) is 5.92. The molecule has 0 aliphatic heterocycles. The van der Waals surface area contributed by atoms with Gasteiger partial charge in [0.05, 0.1) is 24.4 Å². The minimum absolute atomic E-state index is 0.0850. The summed E-state index contributed by atoms with van der Waals surface area (Å²) in [6.07, 6.45) is 1.16. The summed E-state index contributed by atoms with van der Waals surface area (Å²) in [6.45, 7) is 1.26. The van der Waals surface area contributed by atoms with Crippen LogP contribution in [0, 0.1) is 5.92 Å². The Morgan fingerprint density at radius 2 is 2.39 bits per heavy atom. The highest BCUT2D eigenvalue weighted by molar-refractivity contribution is 5.88. The van der Waals surface area contributed by atoms with Crippen LogP contribution < -0.4 is 15.8 Å². The fourth-order valence-electron chi connectivity index (χ4n) is 1.47. The van der Waals surface area contributed by atoms with Gasteiger partial charge in [0.2, 0.25) is 5.91 Å². The Morgan fingerprint density at radius 3 is 2.89 bits per heavy atom. The third kappa shape index (κ3) is 2.85. The fraction of sp³-hybridized carbons (Fsp3) is 0.455. The van der Waals surface area contributed by atoms with Gasteiger partial charge >= 0.3 is 0 Å². The van der Waals surface area contributed by atoms with E-state index in [0.717, 1.165) is 0 Å². The quantitative estimate of drug-likeness (QED) is 0.859. The highest BCUT2D eigenvalue weighted by atomic mass is 19.3. The number of nitrogens with zero attached hydrogens (tertiary/aromatic N) is 1. The number of nitrogen functional groups attached to an aromatic ring is 1. The van der Waals surface area contributed by atoms with E-state index in [4.69, 9.17) is 10.5 Å². The largest absolute Gasteiger partial charge is 0.489 e. The van der Waals surface area contributed by atoms with Gasteiger partial charge < -0.3 is 15.8 Å². The van der Waals surface area contributed by atoms with Crippen molar-refractivity contribution in [3.63, 3.8) is 0 Å². The van der Waals surface area contributed by atoms with Crippen molar-refractivity contribution in [1.82, 2.24) is 4.98 Å². The van der Waals surface area contributed by atoms with Gasteiger partial charge in [-0.2, -0.15) is 0 Å². The minimum atomic E-state index is -2.61. The Kier molecular flexibility index (Phi) is 3.06. The first kappa shape index (κ1) is 12.5. The van der Waals surface area contributed by atoms with Crippen molar-refractivity contribution in [1.29, 1.82) is 0 Å². The van der Waals surface area contributed by atoms with Gasteiger partial charge in [0.15, 0.2) is 5.75 Å². The van der Waals surface area contributed by atoms with Crippen LogP contribution in [0.2, 0.25) is 0 Å². The van der Waals surface area contributed by atoms with Crippen LogP contribution in [-0.4, -0.2) is 23.4 Å². The van der Waals surface area contributed by atoms with E-state index < -0.39 is 11.8 Å². The normalized spacial score (nSPS) is 20.3. The molecule has 0 bridgehead atoms. The molecule has 98 valence electrons. The molecule has 1 unspecified atom stereocenters. The van der Waals surface area contributed by atoms with Gasteiger partial charge in [-0.15, -0.1) is 0 Å². The van der Waals surface area contributed by atoms with Crippen LogP contribution in [0.5, 0.6) is 5.75 Å². The molecule has 1 aromatic rings. The van der Waals surface area contributed by atoms with Crippen molar-refractivity contribution >= 4 is 17.4 Å². The second-order valence-electron chi connectivity index (χ2n) is 4.26. The number of hydrogen-bond donors (Lipinski definition) is 2. The number of rotatable bonds is 4. The first-order chi connectivity index (χ1) is 8.38. The van der Waals surface area contributed by atoms with Gasteiger partial charge in [0, 0.05) is 19.4 Å². The molecule has 0 saturated heterocycles. The van der Waals surface area contributed by atoms with Gasteiger partial charge in [0.1, 0.15) is 5.82 Å². The summed E-state index contributed by atoms with van der Waals surface area (Å²) >= 11 is 0. The molecule has 1 fully saturated rings. The molecular weight excluding hydrogens is 244 g/mol. The molecule has 1 atom stereocenters. The van der Waals surface area contributed by atoms with E-state index in [0.29, 0.717) is 5.82 Å². The molecule has 0 spiro atoms. The molecule has 1 aromatic heterocycles. The van der Waals surface area contributed by atoms with Crippen molar-refractivity contribution in [2.75, 3.05) is 17.7 Å². The lowest BCUT2D eigenvalue weighted by Gasteiger charge is -2.09. The van der Waals surface area contributed by atoms with Crippen LogP contribution in [0.4, 0.5) is 20.3 Å². The molecule has 1 aliphatic rings. The third-order valence-corrected chi connectivity index (χ3v) is 2.60. The minimum Gasteiger partial charge on any atom is -0.489 e. The molecule has 7 heteroatoms. The van der Waals surface area contributed by atoms with Gasteiger partial charge in [-0.05, 0) is 0 Å². The van der Waals surface area contributed by atoms with E-state index >= 15 is 0 Å². The van der Waals surface area contributed by atoms with E-state index in [2.05, 4.69) is 10.3 Å². The number of pyridine rings is 1. The standard InChI is InChI=1S/C11H13F2N3O2/c1-6(17)16-10-2-8(14)9(4-15-10)18-5-7-3-11(7,12)13/h2,4,7H,3,5H2,1H3,(H3,14,15,16,17). The number of hydrogen-bond acceptors (Lipinski definition) is 4. The number of nitrogens with one attached hydrogen (secondary N) is 1. The molecule has 1 saturated carbocycles. The Bertz CT molecular complexity index is 479. The number of ether oxygens (including phenoxy) is 1. The summed E-state index contributed by atoms with van der Waals surface area (Å²) in [7, 11) is 0. The maximum absolute atomic E-state index is 12.6. The Labute approximate surface area is 102 Å². The van der Waals surface area contributed by atoms with Crippen LogP contribution in [0.15, 0.2) is 12.3 Å².